The van der Waals surface area contributed by atoms with Crippen LogP contribution in [0, 0.1) is 11.3 Å². The molecule has 0 unspecified atom stereocenters. The van der Waals surface area contributed by atoms with Gasteiger partial charge < -0.3 is 4.42 Å². The number of carbonyl (C=O) groups excluding carboxylic acids is 1. The maximum atomic E-state index is 13.2. The van der Waals surface area contributed by atoms with Crippen molar-refractivity contribution in [3.63, 3.8) is 0 Å². The number of hydrogen-bond acceptors (Lipinski definition) is 5. The van der Waals surface area contributed by atoms with E-state index in [0.29, 0.717) is 10.4 Å². The van der Waals surface area contributed by atoms with E-state index in [2.05, 4.69) is 10.3 Å². The minimum Gasteiger partial charge on any atom is -0.472 e. The third-order valence-electron chi connectivity index (χ3n) is 3.47. The number of rotatable bonds is 4. The monoisotopic (exact) mass is 377 g/mol. The first-order chi connectivity index (χ1) is 12.4. The van der Waals surface area contributed by atoms with Gasteiger partial charge in [0.15, 0.2) is 5.13 Å². The average molecular weight is 377 g/mol. The molecule has 0 fully saturated rings. The molecule has 0 aliphatic carbocycles. The number of thiazole rings is 1. The van der Waals surface area contributed by atoms with E-state index in [4.69, 9.17) is 9.68 Å². The molecule has 2 aromatic heterocycles. The van der Waals surface area contributed by atoms with E-state index in [0.717, 1.165) is 17.4 Å². The number of halogens is 3. The van der Waals surface area contributed by atoms with Gasteiger partial charge >= 0.3 is 6.18 Å². The topological polar surface area (TPSA) is 78.9 Å². The largest absolute Gasteiger partial charge is 0.472 e. The van der Waals surface area contributed by atoms with Crippen LogP contribution < -0.4 is 5.32 Å². The van der Waals surface area contributed by atoms with Gasteiger partial charge in [-0.15, -0.1) is 11.3 Å². The zero-order valence-corrected chi connectivity index (χ0v) is 13.8. The van der Waals surface area contributed by atoms with Crippen LogP contribution in [0.3, 0.4) is 0 Å². The first-order valence-corrected chi connectivity index (χ1v) is 8.07. The number of nitriles is 1. The van der Waals surface area contributed by atoms with Crippen molar-refractivity contribution in [3.05, 3.63) is 70.1 Å². The van der Waals surface area contributed by atoms with Crippen molar-refractivity contribution >= 4 is 22.4 Å². The standard InChI is InChI=1S/C17H10F3N3O2S/c18-17(19,20)14-5-10(7-21)1-2-11(14)6-13-8-22-16(26-13)23-15(24)12-3-4-25-9-12/h1-5,8-9H,6H2,(H,22,23,24). The Hall–Kier alpha value is -3.12. The summed E-state index contributed by atoms with van der Waals surface area (Å²) in [6, 6.07) is 6.64. The molecule has 132 valence electrons. The Morgan fingerprint density at radius 2 is 2.15 bits per heavy atom. The Morgan fingerprint density at radius 3 is 2.81 bits per heavy atom. The second-order valence-corrected chi connectivity index (χ2v) is 6.37. The number of carbonyl (C=O) groups is 1. The lowest BCUT2D eigenvalue weighted by Crippen LogP contribution is -2.10. The van der Waals surface area contributed by atoms with Gasteiger partial charge in [0, 0.05) is 17.5 Å². The lowest BCUT2D eigenvalue weighted by atomic mass is 10.0. The highest BCUT2D eigenvalue weighted by molar-refractivity contribution is 7.15. The van der Waals surface area contributed by atoms with Gasteiger partial charge in [0.25, 0.3) is 5.91 Å². The predicted molar refractivity (Wildman–Crippen MR) is 87.7 cm³/mol. The van der Waals surface area contributed by atoms with Gasteiger partial charge in [-0.3, -0.25) is 10.1 Å². The summed E-state index contributed by atoms with van der Waals surface area (Å²) in [5, 5.41) is 11.6. The van der Waals surface area contributed by atoms with Gasteiger partial charge in [-0.2, -0.15) is 18.4 Å². The molecule has 0 saturated heterocycles. The summed E-state index contributed by atoms with van der Waals surface area (Å²) in [7, 11) is 0. The van der Waals surface area contributed by atoms with Crippen molar-refractivity contribution < 1.29 is 22.4 Å². The molecule has 5 nitrogen and oxygen atoms in total. The number of nitrogens with zero attached hydrogens (tertiary/aromatic N) is 2. The van der Waals surface area contributed by atoms with E-state index in [1.54, 1.807) is 6.07 Å². The molecule has 0 radical (unpaired) electrons. The zero-order chi connectivity index (χ0) is 18.7. The van der Waals surface area contributed by atoms with Crippen molar-refractivity contribution in [2.75, 3.05) is 5.32 Å². The Bertz CT molecular complexity index is 972. The molecular weight excluding hydrogens is 367 g/mol. The summed E-state index contributed by atoms with van der Waals surface area (Å²) in [6.45, 7) is 0. The third-order valence-corrected chi connectivity index (χ3v) is 4.38. The van der Waals surface area contributed by atoms with Crippen LogP contribution in [-0.4, -0.2) is 10.9 Å². The maximum Gasteiger partial charge on any atom is 0.416 e. The van der Waals surface area contributed by atoms with E-state index in [9.17, 15) is 18.0 Å². The molecule has 0 spiro atoms. The molecule has 0 atom stereocenters. The van der Waals surface area contributed by atoms with Crippen molar-refractivity contribution in [3.8, 4) is 6.07 Å². The van der Waals surface area contributed by atoms with Gasteiger partial charge in [-0.05, 0) is 23.8 Å². The van der Waals surface area contributed by atoms with E-state index in [-0.39, 0.29) is 22.7 Å². The molecule has 3 aromatic rings. The van der Waals surface area contributed by atoms with E-state index < -0.39 is 17.6 Å². The van der Waals surface area contributed by atoms with E-state index >= 15 is 0 Å². The fourth-order valence-corrected chi connectivity index (χ4v) is 3.09. The van der Waals surface area contributed by atoms with Crippen LogP contribution in [-0.2, 0) is 12.6 Å². The Morgan fingerprint density at radius 1 is 1.35 bits per heavy atom. The van der Waals surface area contributed by atoms with Crippen LogP contribution in [0.1, 0.15) is 31.9 Å². The highest BCUT2D eigenvalue weighted by Crippen LogP contribution is 2.34. The molecule has 0 saturated carbocycles. The number of furan rings is 1. The minimum atomic E-state index is -4.56. The average Bonchev–Trinajstić information content (AvgIpc) is 3.26. The fourth-order valence-electron chi connectivity index (χ4n) is 2.26. The SMILES string of the molecule is N#Cc1ccc(Cc2cnc(NC(=O)c3ccoc3)s2)c(C(F)(F)F)c1. The number of alkyl halides is 3. The van der Waals surface area contributed by atoms with E-state index in [1.807, 2.05) is 0 Å². The molecular formula is C17H10F3N3O2S. The lowest BCUT2D eigenvalue weighted by Gasteiger charge is -2.12. The van der Waals surface area contributed by atoms with Crippen molar-refractivity contribution in [2.24, 2.45) is 0 Å². The first kappa shape index (κ1) is 17.7. The van der Waals surface area contributed by atoms with Gasteiger partial charge in [0.05, 0.1) is 29.0 Å². The van der Waals surface area contributed by atoms with Crippen molar-refractivity contribution in [1.82, 2.24) is 4.98 Å². The molecule has 0 aliphatic rings. The smallest absolute Gasteiger partial charge is 0.416 e. The molecule has 0 bridgehead atoms. The number of nitrogens with one attached hydrogen (secondary N) is 1. The lowest BCUT2D eigenvalue weighted by molar-refractivity contribution is -0.138. The van der Waals surface area contributed by atoms with Gasteiger partial charge in [0.2, 0.25) is 0 Å². The Balaban J connectivity index is 1.79. The van der Waals surface area contributed by atoms with Crippen LogP contribution in [0.5, 0.6) is 0 Å². The van der Waals surface area contributed by atoms with Gasteiger partial charge in [-0.25, -0.2) is 4.98 Å². The van der Waals surface area contributed by atoms with Crippen LogP contribution in [0.15, 0.2) is 47.4 Å². The fraction of sp³-hybridized carbons (Fsp3) is 0.118. The molecule has 3 rings (SSSR count). The molecule has 1 N–H and O–H groups in total. The zero-order valence-electron chi connectivity index (χ0n) is 13.0. The molecule has 1 amide bonds. The van der Waals surface area contributed by atoms with Crippen LogP contribution in [0.4, 0.5) is 18.3 Å². The molecule has 1 aromatic carbocycles. The predicted octanol–water partition coefficient (Wildman–Crippen LogP) is 4.47. The number of aromatic nitrogens is 1. The summed E-state index contributed by atoms with van der Waals surface area (Å²) in [5.74, 6) is -0.422. The molecule has 0 aliphatic heterocycles. The number of hydrogen-bond donors (Lipinski definition) is 1. The summed E-state index contributed by atoms with van der Waals surface area (Å²) < 4.78 is 44.5. The minimum absolute atomic E-state index is 0.0141. The summed E-state index contributed by atoms with van der Waals surface area (Å²) >= 11 is 1.08. The molecule has 9 heteroatoms. The first-order valence-electron chi connectivity index (χ1n) is 7.25. The maximum absolute atomic E-state index is 13.2. The summed E-state index contributed by atoms with van der Waals surface area (Å²) in [5.41, 5.74) is -0.562. The van der Waals surface area contributed by atoms with Crippen LogP contribution in [0.2, 0.25) is 0 Å². The van der Waals surface area contributed by atoms with Crippen molar-refractivity contribution in [2.45, 2.75) is 12.6 Å². The second-order valence-electron chi connectivity index (χ2n) is 5.26. The quantitative estimate of drug-likeness (QED) is 0.728. The summed E-state index contributed by atoms with van der Waals surface area (Å²) in [6.07, 6.45) is -0.541. The van der Waals surface area contributed by atoms with E-state index in [1.165, 1.54) is 36.9 Å². The second kappa shape index (κ2) is 7.01. The highest BCUT2D eigenvalue weighted by Gasteiger charge is 2.33. The summed E-state index contributed by atoms with van der Waals surface area (Å²) in [4.78, 5) is 16.5. The number of amides is 1. The molecule has 2 heterocycles. The Labute approximate surface area is 149 Å². The number of benzene rings is 1. The van der Waals surface area contributed by atoms with Gasteiger partial charge in [-0.1, -0.05) is 6.07 Å². The normalized spacial score (nSPS) is 11.2. The van der Waals surface area contributed by atoms with Crippen molar-refractivity contribution in [1.29, 1.82) is 5.26 Å². The molecule has 26 heavy (non-hydrogen) atoms. The Kier molecular flexibility index (Phi) is 4.77. The third kappa shape index (κ3) is 3.92. The van der Waals surface area contributed by atoms with Crippen LogP contribution >= 0.6 is 11.3 Å². The van der Waals surface area contributed by atoms with Gasteiger partial charge in [0.1, 0.15) is 6.26 Å². The number of anilines is 1. The van der Waals surface area contributed by atoms with Crippen LogP contribution in [0.25, 0.3) is 0 Å². The highest BCUT2D eigenvalue weighted by atomic mass is 32.1.